The Morgan fingerprint density at radius 1 is 1.10 bits per heavy atom. The lowest BCUT2D eigenvalue weighted by molar-refractivity contribution is -0.156. The van der Waals surface area contributed by atoms with E-state index in [9.17, 15) is 24.3 Å². The van der Waals surface area contributed by atoms with Gasteiger partial charge in [0.05, 0.1) is 7.11 Å². The second kappa shape index (κ2) is 13.4. The number of nitrogens with two attached hydrogens (primary N) is 2. The number of hydrogen-bond acceptors (Lipinski definition) is 7. The number of amides is 3. The van der Waals surface area contributed by atoms with Crippen molar-refractivity contribution in [3.63, 3.8) is 0 Å². The summed E-state index contributed by atoms with van der Waals surface area (Å²) in [6, 6.07) is 11.3. The molecule has 1 fully saturated rings. The molecule has 39 heavy (non-hydrogen) atoms. The maximum atomic E-state index is 13.9. The summed E-state index contributed by atoms with van der Waals surface area (Å²) in [7, 11) is 1.54. The monoisotopic (exact) mass is 538 g/mol. The van der Waals surface area contributed by atoms with Gasteiger partial charge >= 0.3 is 5.97 Å². The van der Waals surface area contributed by atoms with E-state index < -0.39 is 42.3 Å². The highest BCUT2D eigenvalue weighted by atomic mass is 16.5. The average Bonchev–Trinajstić information content (AvgIpc) is 2.92. The molecule has 0 bridgehead atoms. The Morgan fingerprint density at radius 3 is 2.31 bits per heavy atom. The van der Waals surface area contributed by atoms with E-state index in [1.165, 1.54) is 21.9 Å². The summed E-state index contributed by atoms with van der Waals surface area (Å²) >= 11 is 0. The number of amidine groups is 1. The van der Waals surface area contributed by atoms with E-state index in [0.717, 1.165) is 5.56 Å². The number of rotatable bonds is 12. The van der Waals surface area contributed by atoms with Crippen molar-refractivity contribution in [2.24, 2.45) is 11.5 Å². The molecule has 0 aliphatic carbocycles. The minimum atomic E-state index is -1.14. The van der Waals surface area contributed by atoms with Crippen LogP contribution < -0.4 is 21.5 Å². The largest absolute Gasteiger partial charge is 0.497 e. The maximum absolute atomic E-state index is 13.9. The molecular formula is C27H34N6O6. The zero-order chi connectivity index (χ0) is 28.5. The van der Waals surface area contributed by atoms with Crippen molar-refractivity contribution in [2.45, 2.75) is 31.3 Å². The van der Waals surface area contributed by atoms with Gasteiger partial charge in [0.1, 0.15) is 30.2 Å². The quantitative estimate of drug-likeness (QED) is 0.187. The Labute approximate surface area is 226 Å². The molecule has 0 saturated carbocycles. The van der Waals surface area contributed by atoms with Gasteiger partial charge in [0, 0.05) is 30.6 Å². The Morgan fingerprint density at radius 2 is 1.74 bits per heavy atom. The van der Waals surface area contributed by atoms with Gasteiger partial charge in [-0.1, -0.05) is 24.3 Å². The van der Waals surface area contributed by atoms with Crippen LogP contribution in [0.4, 0.5) is 0 Å². The van der Waals surface area contributed by atoms with Crippen LogP contribution in [0.3, 0.4) is 0 Å². The molecule has 0 aromatic heterocycles. The number of carboxylic acids is 1. The molecule has 1 unspecified atom stereocenters. The van der Waals surface area contributed by atoms with Gasteiger partial charge in [-0.15, -0.1) is 0 Å². The SMILES string of the molecule is COc1ccc(CC(NC(=O)c2ccc(C(=N)N)cc2)C(=O)N2CCN(CC(=O)O)C(=O)[C@@H]2CCCN)cc1. The molecule has 208 valence electrons. The van der Waals surface area contributed by atoms with E-state index in [0.29, 0.717) is 24.3 Å². The van der Waals surface area contributed by atoms with Crippen molar-refractivity contribution in [1.82, 2.24) is 15.1 Å². The number of methoxy groups -OCH3 is 1. The van der Waals surface area contributed by atoms with Crippen LogP contribution in [0.15, 0.2) is 48.5 Å². The van der Waals surface area contributed by atoms with Crippen molar-refractivity contribution in [3.8, 4) is 5.75 Å². The van der Waals surface area contributed by atoms with Gasteiger partial charge in [-0.3, -0.25) is 24.6 Å². The molecule has 1 saturated heterocycles. The van der Waals surface area contributed by atoms with Gasteiger partial charge in [-0.25, -0.2) is 0 Å². The molecule has 7 N–H and O–H groups in total. The summed E-state index contributed by atoms with van der Waals surface area (Å²) in [4.78, 5) is 54.1. The number of hydrogen-bond donors (Lipinski definition) is 5. The van der Waals surface area contributed by atoms with Gasteiger partial charge in [-0.2, -0.15) is 0 Å². The lowest BCUT2D eigenvalue weighted by Crippen LogP contribution is -2.63. The molecule has 12 nitrogen and oxygen atoms in total. The summed E-state index contributed by atoms with van der Waals surface area (Å²) in [5.74, 6) is -2.06. The molecule has 1 aliphatic heterocycles. The number of carbonyl (C=O) groups is 4. The lowest BCUT2D eigenvalue weighted by Gasteiger charge is -2.41. The van der Waals surface area contributed by atoms with Crippen LogP contribution in [0.2, 0.25) is 0 Å². The first-order chi connectivity index (χ1) is 18.6. The van der Waals surface area contributed by atoms with Gasteiger partial charge < -0.3 is 36.4 Å². The van der Waals surface area contributed by atoms with Gasteiger partial charge in [0.15, 0.2) is 0 Å². The standard InChI is InChI=1S/C27H34N6O6/c1-39-20-10-4-17(5-11-20)15-21(31-25(36)19-8-6-18(7-9-19)24(29)30)26(37)33-14-13-32(16-23(34)35)27(38)22(33)3-2-12-28/h4-11,21-22H,2-3,12-16,28H2,1H3,(H3,29,30)(H,31,36)(H,34,35)/t21?,22-/m0/s1. The van der Waals surface area contributed by atoms with E-state index in [1.807, 2.05) is 0 Å². The molecule has 1 aliphatic rings. The van der Waals surface area contributed by atoms with Gasteiger partial charge in [0.2, 0.25) is 11.8 Å². The van der Waals surface area contributed by atoms with E-state index in [2.05, 4.69) is 5.32 Å². The highest BCUT2D eigenvalue weighted by Gasteiger charge is 2.40. The summed E-state index contributed by atoms with van der Waals surface area (Å²) in [5, 5.41) is 19.5. The Kier molecular flexibility index (Phi) is 9.98. The molecule has 2 aromatic rings. The van der Waals surface area contributed by atoms with Crippen molar-refractivity contribution < 1.29 is 29.0 Å². The van der Waals surface area contributed by atoms with Crippen LogP contribution in [-0.2, 0) is 20.8 Å². The minimum absolute atomic E-state index is 0.0612. The van der Waals surface area contributed by atoms with Crippen LogP contribution in [-0.4, -0.2) is 89.8 Å². The van der Waals surface area contributed by atoms with Crippen LogP contribution in [0.1, 0.15) is 34.3 Å². The highest BCUT2D eigenvalue weighted by Crippen LogP contribution is 2.20. The summed E-state index contributed by atoms with van der Waals surface area (Å²) in [6.45, 7) is 0.0242. The Hall–Kier alpha value is -4.45. The van der Waals surface area contributed by atoms with E-state index in [1.54, 1.807) is 43.5 Å². The number of nitrogens with one attached hydrogen (secondary N) is 2. The second-order valence-electron chi connectivity index (χ2n) is 9.20. The third-order valence-electron chi connectivity index (χ3n) is 6.54. The van der Waals surface area contributed by atoms with Crippen LogP contribution in [0.5, 0.6) is 5.75 Å². The second-order valence-corrected chi connectivity index (χ2v) is 9.20. The number of piperazine rings is 1. The van der Waals surface area contributed by atoms with Gasteiger partial charge in [0.25, 0.3) is 5.91 Å². The van der Waals surface area contributed by atoms with Crippen LogP contribution in [0, 0.1) is 5.41 Å². The van der Waals surface area contributed by atoms with Gasteiger partial charge in [-0.05, 0) is 49.2 Å². The molecule has 12 heteroatoms. The molecule has 3 amide bonds. The average molecular weight is 539 g/mol. The number of carboxylic acid groups (broad SMARTS) is 1. The molecule has 0 spiro atoms. The van der Waals surface area contributed by atoms with Crippen molar-refractivity contribution in [1.29, 1.82) is 5.41 Å². The zero-order valence-corrected chi connectivity index (χ0v) is 21.8. The highest BCUT2D eigenvalue weighted by molar-refractivity contribution is 6.00. The summed E-state index contributed by atoms with van der Waals surface area (Å²) in [6.07, 6.45) is 0.874. The molecular weight excluding hydrogens is 504 g/mol. The number of ether oxygens (including phenoxy) is 1. The third kappa shape index (κ3) is 7.54. The van der Waals surface area contributed by atoms with Crippen LogP contribution in [0.25, 0.3) is 0 Å². The summed E-state index contributed by atoms with van der Waals surface area (Å²) < 4.78 is 5.20. The predicted molar refractivity (Wildman–Crippen MR) is 143 cm³/mol. The predicted octanol–water partition coefficient (Wildman–Crippen LogP) is 0.183. The van der Waals surface area contributed by atoms with Crippen LogP contribution >= 0.6 is 0 Å². The third-order valence-corrected chi connectivity index (χ3v) is 6.54. The molecule has 0 radical (unpaired) electrons. The fraction of sp³-hybridized carbons (Fsp3) is 0.370. The number of carbonyl (C=O) groups excluding carboxylic acids is 3. The smallest absolute Gasteiger partial charge is 0.323 e. The van der Waals surface area contributed by atoms with E-state index >= 15 is 0 Å². The van der Waals surface area contributed by atoms with Crippen molar-refractivity contribution >= 4 is 29.5 Å². The normalized spacial score (nSPS) is 15.9. The first-order valence-corrected chi connectivity index (χ1v) is 12.5. The number of aliphatic carboxylic acids is 1. The molecule has 2 atom stereocenters. The molecule has 1 heterocycles. The first-order valence-electron chi connectivity index (χ1n) is 12.5. The maximum Gasteiger partial charge on any atom is 0.323 e. The number of nitrogens with zero attached hydrogens (tertiary/aromatic N) is 2. The summed E-state index contributed by atoms with van der Waals surface area (Å²) in [5.41, 5.74) is 12.6. The fourth-order valence-electron chi connectivity index (χ4n) is 4.45. The van der Waals surface area contributed by atoms with Crippen molar-refractivity contribution in [3.05, 3.63) is 65.2 Å². The molecule has 3 rings (SSSR count). The van der Waals surface area contributed by atoms with E-state index in [4.69, 9.17) is 21.6 Å². The minimum Gasteiger partial charge on any atom is -0.497 e. The lowest BCUT2D eigenvalue weighted by atomic mass is 9.99. The first kappa shape index (κ1) is 29.1. The number of nitrogen functional groups attached to an aromatic ring is 1. The fourth-order valence-corrected chi connectivity index (χ4v) is 4.45. The molecule has 2 aromatic carbocycles. The Bertz CT molecular complexity index is 1200. The van der Waals surface area contributed by atoms with Crippen molar-refractivity contribution in [2.75, 3.05) is 33.3 Å². The number of benzene rings is 2. The Balaban J connectivity index is 1.89. The van der Waals surface area contributed by atoms with E-state index in [-0.39, 0.29) is 37.3 Å². The zero-order valence-electron chi connectivity index (χ0n) is 21.8. The topological polar surface area (TPSA) is 192 Å².